The number of hydrogen-bond acceptors (Lipinski definition) is 5. The minimum absolute atomic E-state index is 0.0190. The van der Waals surface area contributed by atoms with Crippen LogP contribution in [0.5, 0.6) is 0 Å². The van der Waals surface area contributed by atoms with Gasteiger partial charge in [-0.05, 0) is 44.8 Å². The number of alkyl carbamates (subject to hydrolysis) is 1. The van der Waals surface area contributed by atoms with Gasteiger partial charge in [0, 0.05) is 0 Å². The Bertz CT molecular complexity index is 477. The highest BCUT2D eigenvalue weighted by Crippen LogP contribution is 2.38. The first-order chi connectivity index (χ1) is 11.5. The minimum Gasteiger partial charge on any atom is -0.469 e. The standard InChI is InChI=1S/C19H39NO5Si/c1-13(2)16(20-17(22)24-18(3,4)5)14(12-15(21)23-9)25-26(10,11)19(6,7)8/h13-14,16H,12H2,1-11H3,(H,20,22)/t14-,16-/m1/s1. The zero-order chi connectivity index (χ0) is 20.9. The highest BCUT2D eigenvalue weighted by molar-refractivity contribution is 6.74. The monoisotopic (exact) mass is 389 g/mol. The minimum atomic E-state index is -2.15. The number of carbonyl (C=O) groups is 2. The lowest BCUT2D eigenvalue weighted by molar-refractivity contribution is -0.143. The van der Waals surface area contributed by atoms with Crippen LogP contribution in [-0.4, -0.2) is 45.2 Å². The van der Waals surface area contributed by atoms with E-state index < -0.39 is 26.1 Å². The molecule has 0 fully saturated rings. The Morgan fingerprint density at radius 3 is 1.88 bits per heavy atom. The molecule has 0 aliphatic carbocycles. The number of rotatable bonds is 7. The van der Waals surface area contributed by atoms with Crippen LogP contribution in [0.15, 0.2) is 0 Å². The van der Waals surface area contributed by atoms with Crippen molar-refractivity contribution in [2.45, 2.75) is 97.7 Å². The normalized spacial score (nSPS) is 15.4. The molecule has 0 spiro atoms. The van der Waals surface area contributed by atoms with Gasteiger partial charge in [-0.25, -0.2) is 4.79 Å². The van der Waals surface area contributed by atoms with Crippen molar-refractivity contribution < 1.29 is 23.5 Å². The topological polar surface area (TPSA) is 73.9 Å². The van der Waals surface area contributed by atoms with Gasteiger partial charge >= 0.3 is 12.1 Å². The van der Waals surface area contributed by atoms with Gasteiger partial charge in [-0.15, -0.1) is 0 Å². The number of nitrogens with one attached hydrogen (secondary N) is 1. The van der Waals surface area contributed by atoms with Crippen LogP contribution in [0.4, 0.5) is 4.79 Å². The highest BCUT2D eigenvalue weighted by Gasteiger charge is 2.42. The summed E-state index contributed by atoms with van der Waals surface area (Å²) in [6, 6.07) is -0.363. The first kappa shape index (κ1) is 24.9. The van der Waals surface area contributed by atoms with Crippen molar-refractivity contribution in [3.63, 3.8) is 0 Å². The summed E-state index contributed by atoms with van der Waals surface area (Å²) < 4.78 is 16.7. The number of methoxy groups -OCH3 is 1. The van der Waals surface area contributed by atoms with E-state index in [1.54, 1.807) is 0 Å². The number of ether oxygens (including phenoxy) is 2. The Hall–Kier alpha value is -1.08. The van der Waals surface area contributed by atoms with Gasteiger partial charge in [-0.3, -0.25) is 4.79 Å². The predicted octanol–water partition coefficient (Wildman–Crippen LogP) is 4.49. The number of hydrogen-bond donors (Lipinski definition) is 1. The van der Waals surface area contributed by atoms with E-state index in [0.29, 0.717) is 0 Å². The summed E-state index contributed by atoms with van der Waals surface area (Å²) in [5.41, 5.74) is -0.594. The fourth-order valence-corrected chi connectivity index (χ4v) is 3.52. The van der Waals surface area contributed by atoms with Crippen LogP contribution in [0.2, 0.25) is 18.1 Å². The van der Waals surface area contributed by atoms with E-state index in [0.717, 1.165) is 0 Å². The lowest BCUT2D eigenvalue weighted by atomic mass is 9.96. The van der Waals surface area contributed by atoms with E-state index in [1.807, 2.05) is 34.6 Å². The van der Waals surface area contributed by atoms with Gasteiger partial charge in [0.25, 0.3) is 0 Å². The first-order valence-corrected chi connectivity index (χ1v) is 12.1. The third-order valence-corrected chi connectivity index (χ3v) is 9.15. The molecule has 1 amide bonds. The molecule has 2 atom stereocenters. The summed E-state index contributed by atoms with van der Waals surface area (Å²) in [4.78, 5) is 24.3. The lowest BCUT2D eigenvalue weighted by Gasteiger charge is -2.42. The Morgan fingerprint density at radius 2 is 1.54 bits per heavy atom. The van der Waals surface area contributed by atoms with Gasteiger partial charge < -0.3 is 19.2 Å². The molecule has 0 aromatic carbocycles. The molecule has 0 unspecified atom stereocenters. The number of esters is 1. The van der Waals surface area contributed by atoms with Gasteiger partial charge in [0.2, 0.25) is 0 Å². The van der Waals surface area contributed by atoms with E-state index in [1.165, 1.54) is 7.11 Å². The molecule has 7 heteroatoms. The van der Waals surface area contributed by atoms with Gasteiger partial charge in [-0.1, -0.05) is 34.6 Å². The van der Waals surface area contributed by atoms with Crippen LogP contribution in [0.25, 0.3) is 0 Å². The summed E-state index contributed by atoms with van der Waals surface area (Å²) in [6.45, 7) is 20.1. The zero-order valence-electron chi connectivity index (χ0n) is 18.5. The molecule has 0 saturated heterocycles. The maximum atomic E-state index is 12.3. The molecule has 0 saturated carbocycles. The van der Waals surface area contributed by atoms with Crippen molar-refractivity contribution in [1.82, 2.24) is 5.32 Å². The Kier molecular flexibility index (Phi) is 8.83. The molecule has 1 N–H and O–H groups in total. The second kappa shape index (κ2) is 9.22. The molecule has 0 aliphatic heterocycles. The molecule has 0 heterocycles. The average molecular weight is 390 g/mol. The van der Waals surface area contributed by atoms with E-state index in [4.69, 9.17) is 13.9 Å². The molecular weight excluding hydrogens is 350 g/mol. The molecule has 6 nitrogen and oxygen atoms in total. The quantitative estimate of drug-likeness (QED) is 0.513. The van der Waals surface area contributed by atoms with Crippen molar-refractivity contribution >= 4 is 20.4 Å². The van der Waals surface area contributed by atoms with Gasteiger partial charge in [0.1, 0.15) is 5.60 Å². The average Bonchev–Trinajstić information content (AvgIpc) is 2.40. The van der Waals surface area contributed by atoms with Crippen molar-refractivity contribution in [3.8, 4) is 0 Å². The molecule has 0 radical (unpaired) electrons. The fraction of sp³-hybridized carbons (Fsp3) is 0.895. The van der Waals surface area contributed by atoms with Crippen molar-refractivity contribution in [3.05, 3.63) is 0 Å². The Balaban J connectivity index is 5.56. The number of carbonyl (C=O) groups excluding carboxylic acids is 2. The molecule has 0 bridgehead atoms. The summed E-state index contributed by atoms with van der Waals surface area (Å²) in [5, 5.41) is 2.89. The van der Waals surface area contributed by atoms with E-state index in [-0.39, 0.29) is 29.4 Å². The lowest BCUT2D eigenvalue weighted by Crippen LogP contribution is -2.55. The maximum absolute atomic E-state index is 12.3. The summed E-state index contributed by atoms with van der Waals surface area (Å²) in [6.07, 6.45) is -0.900. The van der Waals surface area contributed by atoms with E-state index >= 15 is 0 Å². The fourth-order valence-electron chi connectivity index (χ4n) is 2.18. The van der Waals surface area contributed by atoms with Gasteiger partial charge in [0.15, 0.2) is 8.32 Å². The van der Waals surface area contributed by atoms with Crippen molar-refractivity contribution in [2.75, 3.05) is 7.11 Å². The molecule has 0 aliphatic rings. The second-order valence-corrected chi connectivity index (χ2v) is 14.4. The van der Waals surface area contributed by atoms with Crippen LogP contribution >= 0.6 is 0 Å². The van der Waals surface area contributed by atoms with Crippen LogP contribution in [-0.2, 0) is 18.7 Å². The first-order valence-electron chi connectivity index (χ1n) is 9.24. The SMILES string of the molecule is COC(=O)C[C@@H](O[Si](C)(C)C(C)(C)C)[C@H](NC(=O)OC(C)(C)C)C(C)C. The second-order valence-electron chi connectivity index (χ2n) is 9.61. The Morgan fingerprint density at radius 1 is 1.04 bits per heavy atom. The van der Waals surface area contributed by atoms with Crippen LogP contribution in [0.3, 0.4) is 0 Å². The number of amides is 1. The van der Waals surface area contributed by atoms with E-state index in [9.17, 15) is 9.59 Å². The molecule has 0 aromatic heterocycles. The van der Waals surface area contributed by atoms with Crippen molar-refractivity contribution in [2.24, 2.45) is 5.92 Å². The predicted molar refractivity (Wildman–Crippen MR) is 107 cm³/mol. The molecule has 154 valence electrons. The van der Waals surface area contributed by atoms with E-state index in [2.05, 4.69) is 39.2 Å². The Labute approximate surface area is 160 Å². The molecule has 0 rings (SSSR count). The largest absolute Gasteiger partial charge is 0.469 e. The maximum Gasteiger partial charge on any atom is 0.407 e. The molecular formula is C19H39NO5Si. The van der Waals surface area contributed by atoms with Crippen LogP contribution in [0.1, 0.15) is 61.8 Å². The van der Waals surface area contributed by atoms with Gasteiger partial charge in [-0.2, -0.15) is 0 Å². The summed E-state index contributed by atoms with van der Waals surface area (Å²) in [5.74, 6) is -0.299. The third-order valence-electron chi connectivity index (χ3n) is 4.65. The highest BCUT2D eigenvalue weighted by atomic mass is 28.4. The van der Waals surface area contributed by atoms with Crippen LogP contribution in [0, 0.1) is 5.92 Å². The zero-order valence-corrected chi connectivity index (χ0v) is 19.5. The third kappa shape index (κ3) is 8.53. The molecule has 26 heavy (non-hydrogen) atoms. The van der Waals surface area contributed by atoms with Crippen molar-refractivity contribution in [1.29, 1.82) is 0 Å². The van der Waals surface area contributed by atoms with Crippen LogP contribution < -0.4 is 5.32 Å². The smallest absolute Gasteiger partial charge is 0.407 e. The van der Waals surface area contributed by atoms with Gasteiger partial charge in [0.05, 0.1) is 25.7 Å². The summed E-state index contributed by atoms with van der Waals surface area (Å²) in [7, 11) is -0.795. The summed E-state index contributed by atoms with van der Waals surface area (Å²) >= 11 is 0. The molecule has 0 aromatic rings.